The number of anilines is 2. The maximum Gasteiger partial charge on any atom is 0.319 e. The van der Waals surface area contributed by atoms with Gasteiger partial charge in [-0.3, -0.25) is 4.79 Å². The van der Waals surface area contributed by atoms with Crippen LogP contribution in [0.3, 0.4) is 0 Å². The molecule has 2 aromatic heterocycles. The zero-order valence-electron chi connectivity index (χ0n) is 25.4. The number of phenolic OH excluding ortho intramolecular Hbond substituents is 1. The highest BCUT2D eigenvalue weighted by molar-refractivity contribution is 7.23. The molecule has 0 amide bonds. The first-order valence-electron chi connectivity index (χ1n) is 15.4. The van der Waals surface area contributed by atoms with Gasteiger partial charge in [-0.25, -0.2) is 4.39 Å². The molecule has 1 unspecified atom stereocenters. The molecule has 7 rings (SSSR count). The predicted molar refractivity (Wildman–Crippen MR) is 174 cm³/mol. The molecule has 13 heteroatoms. The van der Waals surface area contributed by atoms with Gasteiger partial charge in [-0.05, 0) is 68.5 Å². The molecular weight excluding hydrogens is 609 g/mol. The van der Waals surface area contributed by atoms with Crippen molar-refractivity contribution >= 4 is 48.9 Å². The highest BCUT2D eigenvalue weighted by atomic mass is 32.1. The molecule has 1 aliphatic carbocycles. The summed E-state index contributed by atoms with van der Waals surface area (Å²) in [5.74, 6) is -0.231. The second-order valence-electron chi connectivity index (χ2n) is 12.1. The number of nitrogen functional groups attached to an aromatic ring is 1. The summed E-state index contributed by atoms with van der Waals surface area (Å²) >= 11 is 0.994. The summed E-state index contributed by atoms with van der Waals surface area (Å²) in [5.41, 5.74) is 16.3. The van der Waals surface area contributed by atoms with Crippen molar-refractivity contribution in [1.82, 2.24) is 14.9 Å². The number of nitrogens with one attached hydrogen (secondary N) is 1. The lowest BCUT2D eigenvalue weighted by atomic mass is 9.90. The van der Waals surface area contributed by atoms with Crippen molar-refractivity contribution in [2.24, 2.45) is 5.73 Å². The summed E-state index contributed by atoms with van der Waals surface area (Å²) < 4.78 is 27.3. The van der Waals surface area contributed by atoms with Gasteiger partial charge in [-0.15, -0.1) is 11.3 Å². The Balaban J connectivity index is 1.41. The fraction of sp³-hybridized carbons (Fsp3) is 0.394. The van der Waals surface area contributed by atoms with Gasteiger partial charge in [-0.2, -0.15) is 15.2 Å². The maximum atomic E-state index is 15.0. The molecule has 6 N–H and O–H groups in total. The first-order chi connectivity index (χ1) is 22.3. The van der Waals surface area contributed by atoms with E-state index in [1.807, 2.05) is 0 Å². The fourth-order valence-corrected chi connectivity index (χ4v) is 7.84. The van der Waals surface area contributed by atoms with E-state index in [1.165, 1.54) is 6.07 Å². The van der Waals surface area contributed by atoms with Gasteiger partial charge in [0.1, 0.15) is 40.6 Å². The number of hydrogen-bond donors (Lipinski definition) is 4. The van der Waals surface area contributed by atoms with E-state index >= 15 is 0 Å². The Hall–Kier alpha value is -4.51. The van der Waals surface area contributed by atoms with Crippen molar-refractivity contribution in [3.8, 4) is 29.0 Å². The minimum Gasteiger partial charge on any atom is -0.505 e. The molecule has 0 radical (unpaired) electrons. The molecule has 0 spiro atoms. The Labute approximate surface area is 268 Å². The SMILES string of the molecule is CN1CCCC1COc1nc(NC/C(N)=C2\CCCCC2=O)c2c3c(c(-c4ccc(F)c5sc(N)c(C#N)c45)c(O)c2n1)COC3. The number of hydrogen-bond acceptors (Lipinski definition) is 12. The fourth-order valence-electron chi connectivity index (χ4n) is 6.89. The number of ketones is 1. The lowest BCUT2D eigenvalue weighted by Crippen LogP contribution is -2.31. The van der Waals surface area contributed by atoms with Crippen LogP contribution in [-0.2, 0) is 22.7 Å². The monoisotopic (exact) mass is 643 g/mol. The Morgan fingerprint density at radius 3 is 2.80 bits per heavy atom. The summed E-state index contributed by atoms with van der Waals surface area (Å²) in [7, 11) is 2.05. The number of rotatable bonds is 7. The first-order valence-corrected chi connectivity index (χ1v) is 16.2. The lowest BCUT2D eigenvalue weighted by molar-refractivity contribution is -0.116. The zero-order chi connectivity index (χ0) is 32.1. The number of allylic oxidation sites excluding steroid dienone is 1. The number of aromatic hydroxyl groups is 1. The number of carbonyl (C=O) groups is 1. The highest BCUT2D eigenvalue weighted by Crippen LogP contribution is 2.50. The van der Waals surface area contributed by atoms with Gasteiger partial charge in [0.2, 0.25) is 0 Å². The zero-order valence-corrected chi connectivity index (χ0v) is 26.2. The second kappa shape index (κ2) is 12.0. The largest absolute Gasteiger partial charge is 0.505 e. The van der Waals surface area contributed by atoms with Crippen LogP contribution in [0.15, 0.2) is 23.4 Å². The van der Waals surface area contributed by atoms with Crippen LogP contribution >= 0.6 is 11.3 Å². The molecular formula is C33H34FN7O4S. The number of nitrogens with two attached hydrogens (primary N) is 2. The molecule has 2 aromatic carbocycles. The molecule has 4 heterocycles. The van der Waals surface area contributed by atoms with E-state index in [0.29, 0.717) is 64.0 Å². The number of nitrogens with zero attached hydrogens (tertiary/aromatic N) is 4. The van der Waals surface area contributed by atoms with Crippen LogP contribution in [0, 0.1) is 17.1 Å². The summed E-state index contributed by atoms with van der Waals surface area (Å²) in [6.07, 6.45) is 4.95. The molecule has 2 aliphatic heterocycles. The number of benzene rings is 2. The molecule has 4 aromatic rings. The number of Topliss-reactive ketones (excluding diaryl/α,β-unsaturated/α-hetero) is 1. The molecule has 2 fully saturated rings. The molecule has 0 bridgehead atoms. The third-order valence-electron chi connectivity index (χ3n) is 9.34. The van der Waals surface area contributed by atoms with E-state index in [-0.39, 0.29) is 64.1 Å². The number of ether oxygens (including phenoxy) is 2. The van der Waals surface area contributed by atoms with Crippen molar-refractivity contribution in [2.75, 3.05) is 37.8 Å². The van der Waals surface area contributed by atoms with E-state index in [2.05, 4.69) is 23.3 Å². The molecule has 1 atom stereocenters. The Bertz CT molecular complexity index is 1990. The number of halogens is 1. The van der Waals surface area contributed by atoms with E-state index < -0.39 is 5.82 Å². The Morgan fingerprint density at radius 2 is 2.04 bits per heavy atom. The maximum absolute atomic E-state index is 15.0. The van der Waals surface area contributed by atoms with Crippen molar-refractivity contribution < 1.29 is 23.8 Å². The van der Waals surface area contributed by atoms with E-state index in [0.717, 1.165) is 49.1 Å². The minimum atomic E-state index is -0.505. The summed E-state index contributed by atoms with van der Waals surface area (Å²) in [5, 5.41) is 26.3. The van der Waals surface area contributed by atoms with Gasteiger partial charge >= 0.3 is 6.01 Å². The van der Waals surface area contributed by atoms with Gasteiger partial charge in [-0.1, -0.05) is 6.07 Å². The normalized spacial score (nSPS) is 19.5. The third-order valence-corrected chi connectivity index (χ3v) is 10.4. The second-order valence-corrected chi connectivity index (χ2v) is 13.1. The van der Waals surface area contributed by atoms with Crippen molar-refractivity contribution in [2.45, 2.75) is 57.8 Å². The van der Waals surface area contributed by atoms with Crippen LogP contribution in [0.4, 0.5) is 15.2 Å². The van der Waals surface area contributed by atoms with Crippen LogP contribution in [0.25, 0.3) is 32.1 Å². The average Bonchev–Trinajstić information content (AvgIpc) is 3.78. The molecule has 11 nitrogen and oxygen atoms in total. The number of likely N-dealkylation sites (N-methyl/N-ethyl adjacent to an activating group) is 1. The third kappa shape index (κ3) is 5.06. The number of thiophene rings is 1. The van der Waals surface area contributed by atoms with Crippen LogP contribution in [-0.4, -0.2) is 58.5 Å². The summed E-state index contributed by atoms with van der Waals surface area (Å²) in [4.78, 5) is 24.2. The highest BCUT2D eigenvalue weighted by Gasteiger charge is 2.31. The van der Waals surface area contributed by atoms with Gasteiger partial charge in [0.25, 0.3) is 0 Å². The van der Waals surface area contributed by atoms with Crippen LogP contribution in [0.5, 0.6) is 11.8 Å². The first kappa shape index (κ1) is 30.2. The lowest BCUT2D eigenvalue weighted by Gasteiger charge is -2.21. The van der Waals surface area contributed by atoms with Crippen LogP contribution in [0.1, 0.15) is 55.2 Å². The van der Waals surface area contributed by atoms with E-state index in [4.69, 9.17) is 30.9 Å². The predicted octanol–water partition coefficient (Wildman–Crippen LogP) is 5.08. The quantitative estimate of drug-likeness (QED) is 0.198. The Morgan fingerprint density at radius 1 is 1.24 bits per heavy atom. The smallest absolute Gasteiger partial charge is 0.319 e. The minimum absolute atomic E-state index is 0.0656. The number of carbonyl (C=O) groups excluding carboxylic acids is 1. The molecule has 1 saturated heterocycles. The van der Waals surface area contributed by atoms with Gasteiger partial charge < -0.3 is 36.3 Å². The average molecular weight is 644 g/mol. The number of fused-ring (bicyclic) bond motifs is 4. The standard InChI is InChI=1S/C33H34FN7O4S/c1-41-10-4-5-16(41)13-45-33-39-28-27(32(40-33)38-12-23(36)17-6-2-3-7-24(17)42)21-15-44-14-20(21)25(29(28)43)18-8-9-22(34)30-26(18)19(11-35)31(37)46-30/h8-9,16,43H,2-7,10,12-15,36-37H2,1H3,(H,38,39,40)/b23-17-. The van der Waals surface area contributed by atoms with E-state index in [9.17, 15) is 19.6 Å². The topological polar surface area (TPSA) is 173 Å². The Kier molecular flexibility index (Phi) is 7.88. The molecule has 1 saturated carbocycles. The van der Waals surface area contributed by atoms with E-state index in [1.54, 1.807) is 6.07 Å². The van der Waals surface area contributed by atoms with Crippen molar-refractivity contribution in [3.05, 3.63) is 45.9 Å². The summed E-state index contributed by atoms with van der Waals surface area (Å²) in [6, 6.07) is 5.23. The molecule has 3 aliphatic rings. The van der Waals surface area contributed by atoms with Crippen LogP contribution in [0.2, 0.25) is 0 Å². The number of phenols is 1. The van der Waals surface area contributed by atoms with Crippen LogP contribution < -0.4 is 21.5 Å². The van der Waals surface area contributed by atoms with Gasteiger partial charge in [0, 0.05) is 34.7 Å². The number of aromatic nitrogens is 2. The number of likely N-dealkylation sites (tertiary alicyclic amines) is 1. The van der Waals surface area contributed by atoms with Crippen molar-refractivity contribution in [1.29, 1.82) is 5.26 Å². The number of nitriles is 1. The summed E-state index contributed by atoms with van der Waals surface area (Å²) in [6.45, 7) is 1.88. The molecule has 238 valence electrons. The molecule has 46 heavy (non-hydrogen) atoms. The van der Waals surface area contributed by atoms with Gasteiger partial charge in [0.05, 0.1) is 35.4 Å². The van der Waals surface area contributed by atoms with Gasteiger partial charge in [0.15, 0.2) is 5.78 Å². The van der Waals surface area contributed by atoms with Crippen molar-refractivity contribution in [3.63, 3.8) is 0 Å².